The normalized spacial score (nSPS) is 15.1. The quantitative estimate of drug-likeness (QED) is 0.565. The summed E-state index contributed by atoms with van der Waals surface area (Å²) in [5.74, 6) is 0.0275. The highest BCUT2D eigenvalue weighted by Crippen LogP contribution is 2.23. The Morgan fingerprint density at radius 1 is 1.09 bits per heavy atom. The van der Waals surface area contributed by atoms with Crippen molar-refractivity contribution in [2.45, 2.75) is 13.3 Å². The van der Waals surface area contributed by atoms with Gasteiger partial charge in [0, 0.05) is 32.3 Å². The molecule has 0 bridgehead atoms. The van der Waals surface area contributed by atoms with E-state index in [-0.39, 0.29) is 11.6 Å². The molecule has 2 aromatic heterocycles. The van der Waals surface area contributed by atoms with Crippen LogP contribution in [0, 0.1) is 6.92 Å². The molecule has 12 heteroatoms. The number of hydrogen-bond donors (Lipinski definition) is 1. The van der Waals surface area contributed by atoms with Crippen molar-refractivity contribution in [3.63, 3.8) is 0 Å². The van der Waals surface area contributed by atoms with Gasteiger partial charge in [0.15, 0.2) is 11.5 Å². The van der Waals surface area contributed by atoms with E-state index in [2.05, 4.69) is 46.8 Å². The van der Waals surface area contributed by atoms with Gasteiger partial charge in [-0.05, 0) is 37.7 Å². The Bertz CT molecular complexity index is 1210. The predicted octanol–water partition coefficient (Wildman–Crippen LogP) is 3.03. The number of benzene rings is 1. The number of piperazine rings is 1. The van der Waals surface area contributed by atoms with Crippen molar-refractivity contribution in [3.05, 3.63) is 47.8 Å². The van der Waals surface area contributed by atoms with E-state index in [0.717, 1.165) is 26.2 Å². The average Bonchev–Trinajstić information content (AvgIpc) is 2.78. The first-order chi connectivity index (χ1) is 16.2. The highest BCUT2D eigenvalue weighted by Gasteiger charge is 2.30. The molecule has 3 aromatic rings. The topological polar surface area (TPSA) is 96.4 Å². The van der Waals surface area contributed by atoms with Gasteiger partial charge in [0.2, 0.25) is 11.9 Å². The number of hydrogen-bond acceptors (Lipinski definition) is 8. The minimum absolute atomic E-state index is 0.232. The van der Waals surface area contributed by atoms with E-state index in [9.17, 15) is 18.0 Å². The van der Waals surface area contributed by atoms with Crippen molar-refractivity contribution in [2.24, 2.45) is 0 Å². The first kappa shape index (κ1) is 23.4. The monoisotopic (exact) mass is 473 g/mol. The van der Waals surface area contributed by atoms with Gasteiger partial charge >= 0.3 is 6.36 Å². The van der Waals surface area contributed by atoms with E-state index in [0.29, 0.717) is 28.4 Å². The van der Waals surface area contributed by atoms with Crippen LogP contribution in [0.1, 0.15) is 11.3 Å². The number of aromatic nitrogens is 4. The van der Waals surface area contributed by atoms with Gasteiger partial charge in [0.1, 0.15) is 11.3 Å². The number of nitrogens with zero attached hydrogens (tertiary/aromatic N) is 6. The van der Waals surface area contributed by atoms with Crippen LogP contribution in [-0.4, -0.2) is 70.3 Å². The van der Waals surface area contributed by atoms with Gasteiger partial charge < -0.3 is 19.9 Å². The Morgan fingerprint density at radius 2 is 1.79 bits per heavy atom. The fourth-order valence-electron chi connectivity index (χ4n) is 3.36. The number of aryl methyl sites for hydroxylation is 1. The van der Waals surface area contributed by atoms with Crippen molar-refractivity contribution in [3.8, 4) is 5.75 Å². The van der Waals surface area contributed by atoms with Crippen LogP contribution in [0.5, 0.6) is 5.75 Å². The number of carbonyl (C=O) groups is 1. The molecule has 34 heavy (non-hydrogen) atoms. The smallest absolute Gasteiger partial charge is 0.406 e. The molecule has 9 nitrogen and oxygen atoms in total. The average molecular weight is 473 g/mol. The molecule has 1 N–H and O–H groups in total. The van der Waals surface area contributed by atoms with Crippen LogP contribution in [0.15, 0.2) is 36.5 Å². The van der Waals surface area contributed by atoms with Gasteiger partial charge in [-0.15, -0.1) is 13.2 Å². The molecule has 0 spiro atoms. The van der Waals surface area contributed by atoms with Crippen LogP contribution >= 0.6 is 0 Å². The summed E-state index contributed by atoms with van der Waals surface area (Å²) < 4.78 is 40.5. The number of fused-ring (bicyclic) bond motifs is 1. The van der Waals surface area contributed by atoms with Crippen molar-refractivity contribution in [2.75, 3.05) is 43.4 Å². The molecule has 0 aliphatic carbocycles. The summed E-state index contributed by atoms with van der Waals surface area (Å²) in [6.07, 6.45) is -0.644. The molecule has 1 saturated heterocycles. The summed E-state index contributed by atoms with van der Waals surface area (Å²) >= 11 is 0. The second-order valence-corrected chi connectivity index (χ2v) is 7.77. The lowest BCUT2D eigenvalue weighted by molar-refractivity contribution is -0.274. The number of alkyl halides is 3. The number of nitrogens with one attached hydrogen (secondary N) is 1. The van der Waals surface area contributed by atoms with Gasteiger partial charge in [-0.3, -0.25) is 4.79 Å². The number of carbonyl (C=O) groups excluding carboxylic acids is 1. The third-order valence-electron chi connectivity index (χ3n) is 5.15. The van der Waals surface area contributed by atoms with Crippen LogP contribution in [0.2, 0.25) is 0 Å². The SMILES string of the molecule is Cc1nc(N2CCN(C)CC2)nc2ncc(NC(=O)/C=C/c3ccc(OC(F)(F)F)cc3)nc12. The second kappa shape index (κ2) is 9.59. The molecule has 1 aliphatic heterocycles. The van der Waals surface area contributed by atoms with Crippen LogP contribution < -0.4 is 15.0 Å². The van der Waals surface area contributed by atoms with Crippen molar-refractivity contribution >= 4 is 34.9 Å². The first-order valence-electron chi connectivity index (χ1n) is 10.5. The fourth-order valence-corrected chi connectivity index (χ4v) is 3.36. The molecule has 3 heterocycles. The van der Waals surface area contributed by atoms with E-state index in [1.54, 1.807) is 0 Å². The maximum atomic E-state index is 12.3. The third kappa shape index (κ3) is 5.95. The lowest BCUT2D eigenvalue weighted by Crippen LogP contribution is -2.45. The van der Waals surface area contributed by atoms with Gasteiger partial charge in [0.25, 0.3) is 0 Å². The summed E-state index contributed by atoms with van der Waals surface area (Å²) in [5, 5.41) is 2.61. The number of rotatable bonds is 5. The molecular weight excluding hydrogens is 451 g/mol. The lowest BCUT2D eigenvalue weighted by atomic mass is 10.2. The van der Waals surface area contributed by atoms with E-state index < -0.39 is 12.3 Å². The van der Waals surface area contributed by atoms with Crippen LogP contribution in [0.25, 0.3) is 17.2 Å². The second-order valence-electron chi connectivity index (χ2n) is 7.77. The highest BCUT2D eigenvalue weighted by atomic mass is 19.4. The van der Waals surface area contributed by atoms with E-state index >= 15 is 0 Å². The Balaban J connectivity index is 1.42. The lowest BCUT2D eigenvalue weighted by Gasteiger charge is -2.32. The highest BCUT2D eigenvalue weighted by molar-refractivity contribution is 6.01. The summed E-state index contributed by atoms with van der Waals surface area (Å²) in [6.45, 7) is 5.32. The van der Waals surface area contributed by atoms with Crippen LogP contribution in [0.4, 0.5) is 24.9 Å². The molecule has 0 atom stereocenters. The zero-order valence-electron chi connectivity index (χ0n) is 18.5. The Morgan fingerprint density at radius 3 is 2.47 bits per heavy atom. The minimum Gasteiger partial charge on any atom is -0.406 e. The molecule has 0 radical (unpaired) electrons. The summed E-state index contributed by atoms with van der Waals surface area (Å²) in [5.41, 5.74) is 2.10. The zero-order valence-corrected chi connectivity index (χ0v) is 18.5. The molecular formula is C22H22F3N7O2. The molecule has 4 rings (SSSR count). The predicted molar refractivity (Wildman–Crippen MR) is 120 cm³/mol. The van der Waals surface area contributed by atoms with Crippen molar-refractivity contribution in [1.82, 2.24) is 24.8 Å². The van der Waals surface area contributed by atoms with Gasteiger partial charge in [-0.25, -0.2) is 15.0 Å². The summed E-state index contributed by atoms with van der Waals surface area (Å²) in [7, 11) is 2.07. The molecule has 1 aromatic carbocycles. The molecule has 1 fully saturated rings. The maximum Gasteiger partial charge on any atom is 0.573 e. The Labute approximate surface area is 193 Å². The molecule has 0 unspecified atom stereocenters. The van der Waals surface area contributed by atoms with Gasteiger partial charge in [-0.2, -0.15) is 4.98 Å². The Kier molecular flexibility index (Phi) is 6.59. The molecule has 178 valence electrons. The summed E-state index contributed by atoms with van der Waals surface area (Å²) in [4.78, 5) is 34.4. The maximum absolute atomic E-state index is 12.3. The number of likely N-dealkylation sites (N-methyl/N-ethyl adjacent to an activating group) is 1. The zero-order chi connectivity index (χ0) is 24.3. The number of anilines is 2. The van der Waals surface area contributed by atoms with Crippen LogP contribution in [0.3, 0.4) is 0 Å². The van der Waals surface area contributed by atoms with Crippen molar-refractivity contribution < 1.29 is 22.7 Å². The Hall–Kier alpha value is -3.80. The number of halogens is 3. The van der Waals surface area contributed by atoms with E-state index in [4.69, 9.17) is 0 Å². The van der Waals surface area contributed by atoms with Crippen molar-refractivity contribution in [1.29, 1.82) is 0 Å². The van der Waals surface area contributed by atoms with E-state index in [1.165, 1.54) is 42.6 Å². The number of ether oxygens (including phenoxy) is 1. The third-order valence-corrected chi connectivity index (χ3v) is 5.15. The minimum atomic E-state index is -4.76. The standard InChI is InChI=1S/C22H22F3N7O2/c1-14-19-20(30-21(27-14)32-11-9-31(2)10-12-32)26-13-17(29-19)28-18(33)8-5-15-3-6-16(7-4-15)34-22(23,24)25/h3-8,13H,9-12H2,1-2H3,(H,28,29,33)/b8-5+. The molecule has 0 saturated carbocycles. The first-order valence-corrected chi connectivity index (χ1v) is 10.5. The van der Waals surface area contributed by atoms with E-state index in [1.807, 2.05) is 6.92 Å². The largest absolute Gasteiger partial charge is 0.573 e. The van der Waals surface area contributed by atoms with Crippen LogP contribution in [-0.2, 0) is 4.79 Å². The fraction of sp³-hybridized carbons (Fsp3) is 0.318. The number of amides is 1. The van der Waals surface area contributed by atoms with Gasteiger partial charge in [0.05, 0.1) is 11.9 Å². The molecule has 1 amide bonds. The molecule has 1 aliphatic rings. The summed E-state index contributed by atoms with van der Waals surface area (Å²) in [6, 6.07) is 5.14. The van der Waals surface area contributed by atoms with Gasteiger partial charge in [-0.1, -0.05) is 12.1 Å².